The molecule has 0 bridgehead atoms. The predicted octanol–water partition coefficient (Wildman–Crippen LogP) is 2.91. The van der Waals surface area contributed by atoms with Crippen molar-refractivity contribution in [2.45, 2.75) is 40.2 Å². The van der Waals surface area contributed by atoms with E-state index in [0.717, 1.165) is 18.0 Å². The molecule has 0 aliphatic heterocycles. The van der Waals surface area contributed by atoms with Crippen LogP contribution in [0.3, 0.4) is 0 Å². The SMILES string of the molecule is CCN[C@H](C)CNC(=O)c1csc(CC(C)C)n1.Cl.Cl. The second-order valence-corrected chi connectivity index (χ2v) is 5.84. The summed E-state index contributed by atoms with van der Waals surface area (Å²) in [6.45, 7) is 9.94. The van der Waals surface area contributed by atoms with Crippen LogP contribution in [0.2, 0.25) is 0 Å². The molecule has 0 aliphatic carbocycles. The highest BCUT2D eigenvalue weighted by atomic mass is 35.5. The number of halogens is 2. The zero-order valence-corrected chi connectivity index (χ0v) is 14.9. The Balaban J connectivity index is 0. The molecule has 0 fully saturated rings. The van der Waals surface area contributed by atoms with Gasteiger partial charge in [-0.05, 0) is 19.4 Å². The summed E-state index contributed by atoms with van der Waals surface area (Å²) in [4.78, 5) is 16.2. The van der Waals surface area contributed by atoms with Crippen LogP contribution in [0.5, 0.6) is 0 Å². The minimum atomic E-state index is -0.0778. The van der Waals surface area contributed by atoms with Crippen LogP contribution >= 0.6 is 36.2 Å². The van der Waals surface area contributed by atoms with Crippen LogP contribution in [0, 0.1) is 5.92 Å². The Labute approximate surface area is 138 Å². The fourth-order valence-corrected chi connectivity index (χ4v) is 2.60. The summed E-state index contributed by atoms with van der Waals surface area (Å²) in [5.74, 6) is 0.492. The Morgan fingerprint density at radius 3 is 2.55 bits per heavy atom. The van der Waals surface area contributed by atoms with Crippen molar-refractivity contribution < 1.29 is 4.79 Å². The van der Waals surface area contributed by atoms with Crippen LogP contribution in [-0.2, 0) is 6.42 Å². The predicted molar refractivity (Wildman–Crippen MR) is 90.6 cm³/mol. The van der Waals surface area contributed by atoms with Gasteiger partial charge < -0.3 is 10.6 Å². The molecule has 0 spiro atoms. The summed E-state index contributed by atoms with van der Waals surface area (Å²) in [5.41, 5.74) is 0.541. The van der Waals surface area contributed by atoms with Crippen LogP contribution in [0.1, 0.15) is 43.2 Å². The van der Waals surface area contributed by atoms with Crippen molar-refractivity contribution in [1.29, 1.82) is 0 Å². The number of hydrogen-bond acceptors (Lipinski definition) is 4. The van der Waals surface area contributed by atoms with Crippen LogP contribution in [0.25, 0.3) is 0 Å². The Hall–Kier alpha value is -0.360. The van der Waals surface area contributed by atoms with E-state index >= 15 is 0 Å². The maximum Gasteiger partial charge on any atom is 0.270 e. The zero-order valence-electron chi connectivity index (χ0n) is 12.4. The third kappa shape index (κ3) is 8.04. The number of amides is 1. The summed E-state index contributed by atoms with van der Waals surface area (Å²) in [6.07, 6.45) is 0.936. The smallest absolute Gasteiger partial charge is 0.270 e. The maximum atomic E-state index is 11.9. The zero-order chi connectivity index (χ0) is 13.5. The summed E-state index contributed by atoms with van der Waals surface area (Å²) < 4.78 is 0. The van der Waals surface area contributed by atoms with Gasteiger partial charge >= 0.3 is 0 Å². The molecule has 20 heavy (non-hydrogen) atoms. The number of nitrogens with zero attached hydrogens (tertiary/aromatic N) is 1. The standard InChI is InChI=1S/C13H23N3OS.2ClH/c1-5-14-10(4)7-15-13(17)11-8-18-12(16-11)6-9(2)3;;/h8-10,14H,5-7H2,1-4H3,(H,15,17);2*1H/t10-;;/m1../s1. The van der Waals surface area contributed by atoms with E-state index in [0.29, 0.717) is 18.2 Å². The van der Waals surface area contributed by atoms with E-state index in [4.69, 9.17) is 0 Å². The van der Waals surface area contributed by atoms with Gasteiger partial charge in [0.25, 0.3) is 5.91 Å². The molecule has 0 saturated carbocycles. The number of carbonyl (C=O) groups is 1. The van der Waals surface area contributed by atoms with Crippen molar-refractivity contribution in [3.63, 3.8) is 0 Å². The molecule has 1 amide bonds. The highest BCUT2D eigenvalue weighted by Gasteiger charge is 2.12. The Bertz CT molecular complexity index is 385. The van der Waals surface area contributed by atoms with Crippen molar-refractivity contribution in [1.82, 2.24) is 15.6 Å². The van der Waals surface area contributed by atoms with Crippen molar-refractivity contribution in [2.24, 2.45) is 5.92 Å². The van der Waals surface area contributed by atoms with Crippen molar-refractivity contribution in [3.05, 3.63) is 16.1 Å². The van der Waals surface area contributed by atoms with E-state index in [2.05, 4.69) is 43.3 Å². The highest BCUT2D eigenvalue weighted by molar-refractivity contribution is 7.09. The molecule has 1 aromatic heterocycles. The number of rotatable bonds is 7. The van der Waals surface area contributed by atoms with Crippen LogP contribution < -0.4 is 10.6 Å². The van der Waals surface area contributed by atoms with Gasteiger partial charge in [-0.1, -0.05) is 20.8 Å². The lowest BCUT2D eigenvalue weighted by atomic mass is 10.1. The molecule has 1 atom stereocenters. The largest absolute Gasteiger partial charge is 0.349 e. The van der Waals surface area contributed by atoms with Gasteiger partial charge in [-0.3, -0.25) is 4.79 Å². The van der Waals surface area contributed by atoms with E-state index in [9.17, 15) is 4.79 Å². The van der Waals surface area contributed by atoms with Crippen molar-refractivity contribution in [2.75, 3.05) is 13.1 Å². The fourth-order valence-electron chi connectivity index (χ4n) is 1.62. The molecule has 4 nitrogen and oxygen atoms in total. The lowest BCUT2D eigenvalue weighted by molar-refractivity contribution is 0.0945. The molecule has 0 radical (unpaired) electrons. The molecule has 0 aliphatic rings. The highest BCUT2D eigenvalue weighted by Crippen LogP contribution is 2.14. The van der Waals surface area contributed by atoms with Gasteiger partial charge in [-0.15, -0.1) is 36.2 Å². The summed E-state index contributed by atoms with van der Waals surface area (Å²) in [7, 11) is 0. The maximum absolute atomic E-state index is 11.9. The van der Waals surface area contributed by atoms with E-state index in [1.165, 1.54) is 0 Å². The molecular weight excluding hydrogens is 317 g/mol. The molecule has 0 aromatic carbocycles. The van der Waals surface area contributed by atoms with Gasteiger partial charge in [0.2, 0.25) is 0 Å². The van der Waals surface area contributed by atoms with Gasteiger partial charge in [0.05, 0.1) is 5.01 Å². The minimum Gasteiger partial charge on any atom is -0.349 e. The fraction of sp³-hybridized carbons (Fsp3) is 0.692. The first-order chi connectivity index (χ1) is 8.52. The van der Waals surface area contributed by atoms with E-state index < -0.39 is 0 Å². The quantitative estimate of drug-likeness (QED) is 0.801. The molecule has 1 heterocycles. The summed E-state index contributed by atoms with van der Waals surface area (Å²) in [6, 6.07) is 0.285. The molecule has 2 N–H and O–H groups in total. The molecule has 7 heteroatoms. The number of hydrogen-bond donors (Lipinski definition) is 2. The van der Waals surface area contributed by atoms with E-state index in [1.54, 1.807) is 11.3 Å². The van der Waals surface area contributed by atoms with Crippen LogP contribution in [-0.4, -0.2) is 30.0 Å². The monoisotopic (exact) mass is 341 g/mol. The van der Waals surface area contributed by atoms with Crippen LogP contribution in [0.4, 0.5) is 0 Å². The first-order valence-electron chi connectivity index (χ1n) is 6.48. The normalized spacial score (nSPS) is 11.4. The van der Waals surface area contributed by atoms with Gasteiger partial charge in [-0.25, -0.2) is 4.98 Å². The van der Waals surface area contributed by atoms with Crippen LogP contribution in [0.15, 0.2) is 5.38 Å². The van der Waals surface area contributed by atoms with Gasteiger partial charge in [-0.2, -0.15) is 0 Å². The molecule has 1 aromatic rings. The number of carbonyl (C=O) groups excluding carboxylic acids is 1. The van der Waals surface area contributed by atoms with Gasteiger partial charge in [0, 0.05) is 24.4 Å². The first kappa shape index (κ1) is 21.9. The number of aromatic nitrogens is 1. The van der Waals surface area contributed by atoms with Crippen molar-refractivity contribution in [3.8, 4) is 0 Å². The second kappa shape index (κ2) is 11.3. The average molecular weight is 342 g/mol. The summed E-state index contributed by atoms with van der Waals surface area (Å²) >= 11 is 1.56. The number of thiazole rings is 1. The molecule has 0 saturated heterocycles. The minimum absolute atomic E-state index is 0. The third-order valence-electron chi connectivity index (χ3n) is 2.49. The molecule has 118 valence electrons. The topological polar surface area (TPSA) is 54.0 Å². The number of likely N-dealkylation sites (N-methyl/N-ethyl adjacent to an activating group) is 1. The second-order valence-electron chi connectivity index (χ2n) is 4.89. The number of nitrogens with one attached hydrogen (secondary N) is 2. The van der Waals surface area contributed by atoms with E-state index in [1.807, 2.05) is 5.38 Å². The van der Waals surface area contributed by atoms with Gasteiger partial charge in [0.1, 0.15) is 5.69 Å². The Morgan fingerprint density at radius 1 is 1.35 bits per heavy atom. The average Bonchev–Trinajstić information content (AvgIpc) is 2.74. The Kier molecular flexibility index (Phi) is 12.4. The third-order valence-corrected chi connectivity index (χ3v) is 3.36. The summed E-state index contributed by atoms with van der Waals surface area (Å²) in [5, 5.41) is 9.02. The molecule has 1 rings (SSSR count). The Morgan fingerprint density at radius 2 is 2.00 bits per heavy atom. The lowest BCUT2D eigenvalue weighted by Crippen LogP contribution is -2.38. The van der Waals surface area contributed by atoms with E-state index in [-0.39, 0.29) is 36.8 Å². The lowest BCUT2D eigenvalue weighted by Gasteiger charge is -2.12. The molecular formula is C13H25Cl2N3OS. The molecule has 0 unspecified atom stereocenters. The van der Waals surface area contributed by atoms with Gasteiger partial charge in [0.15, 0.2) is 0 Å². The van der Waals surface area contributed by atoms with Crippen molar-refractivity contribution >= 4 is 42.1 Å². The first-order valence-corrected chi connectivity index (χ1v) is 7.36.